The maximum Gasteiger partial charge on any atom is 0.243 e. The Bertz CT molecular complexity index is 897. The van der Waals surface area contributed by atoms with Crippen LogP contribution < -0.4 is 0 Å². The zero-order valence-electron chi connectivity index (χ0n) is 17.3. The van der Waals surface area contributed by atoms with Gasteiger partial charge in [0.2, 0.25) is 15.9 Å². The molecule has 1 amide bonds. The van der Waals surface area contributed by atoms with E-state index in [1.807, 2.05) is 16.7 Å². The molecule has 0 aromatic heterocycles. The first-order valence-corrected chi connectivity index (χ1v) is 13.8. The van der Waals surface area contributed by atoms with Gasteiger partial charge in [0.05, 0.1) is 16.0 Å². The lowest BCUT2D eigenvalue weighted by Gasteiger charge is -2.37. The molecule has 31 heavy (non-hydrogen) atoms. The molecule has 3 aliphatic rings. The van der Waals surface area contributed by atoms with E-state index in [0.717, 1.165) is 49.5 Å². The number of nitrogens with zero attached hydrogens (tertiary/aromatic N) is 2. The first kappa shape index (κ1) is 23.3. The summed E-state index contributed by atoms with van der Waals surface area (Å²) in [5.41, 5.74) is 0. The van der Waals surface area contributed by atoms with E-state index in [4.69, 9.17) is 16.3 Å². The Morgan fingerprint density at radius 3 is 2.65 bits per heavy atom. The Labute approximate surface area is 192 Å². The summed E-state index contributed by atoms with van der Waals surface area (Å²) < 4.78 is 46.4. The average Bonchev–Trinajstić information content (AvgIpc) is 3.48. The van der Waals surface area contributed by atoms with Gasteiger partial charge >= 0.3 is 0 Å². The molecule has 3 heterocycles. The third-order valence-electron chi connectivity index (χ3n) is 6.39. The summed E-state index contributed by atoms with van der Waals surface area (Å²) >= 11 is 7.65. The van der Waals surface area contributed by atoms with Crippen molar-refractivity contribution >= 4 is 39.3 Å². The van der Waals surface area contributed by atoms with E-state index in [1.165, 1.54) is 10.4 Å². The maximum absolute atomic E-state index is 13.4. The normalized spacial score (nSPS) is 25.7. The second-order valence-corrected chi connectivity index (χ2v) is 11.9. The fraction of sp³-hybridized carbons (Fsp3) is 0.667. The van der Waals surface area contributed by atoms with Crippen LogP contribution in [0.1, 0.15) is 32.1 Å². The third kappa shape index (κ3) is 5.21. The van der Waals surface area contributed by atoms with Crippen LogP contribution in [0.2, 0.25) is 5.02 Å². The van der Waals surface area contributed by atoms with Crippen LogP contribution in [0.15, 0.2) is 23.1 Å². The highest BCUT2D eigenvalue weighted by atomic mass is 35.5. The van der Waals surface area contributed by atoms with E-state index in [9.17, 15) is 17.6 Å². The maximum atomic E-state index is 13.4. The summed E-state index contributed by atoms with van der Waals surface area (Å²) in [5, 5.41) is -0.217. The number of hydrogen-bond donors (Lipinski definition) is 0. The van der Waals surface area contributed by atoms with Crippen molar-refractivity contribution in [3.63, 3.8) is 0 Å². The number of amides is 1. The highest BCUT2D eigenvalue weighted by molar-refractivity contribution is 7.99. The van der Waals surface area contributed by atoms with Crippen molar-refractivity contribution in [3.8, 4) is 0 Å². The van der Waals surface area contributed by atoms with Crippen molar-refractivity contribution in [2.75, 3.05) is 37.7 Å². The van der Waals surface area contributed by atoms with Crippen LogP contribution in [-0.2, 0) is 19.6 Å². The lowest BCUT2D eigenvalue weighted by atomic mass is 9.95. The molecule has 2 unspecified atom stereocenters. The second-order valence-electron chi connectivity index (χ2n) is 8.40. The minimum absolute atomic E-state index is 0.0216. The highest BCUT2D eigenvalue weighted by Crippen LogP contribution is 2.30. The molecule has 2 atom stereocenters. The van der Waals surface area contributed by atoms with Crippen molar-refractivity contribution in [1.29, 1.82) is 0 Å². The molecule has 6 nitrogen and oxygen atoms in total. The van der Waals surface area contributed by atoms with Gasteiger partial charge in [0.25, 0.3) is 0 Å². The summed E-state index contributed by atoms with van der Waals surface area (Å²) in [6.45, 7) is 1.92. The Morgan fingerprint density at radius 1 is 1.26 bits per heavy atom. The average molecular weight is 491 g/mol. The Hall–Kier alpha value is -0.870. The van der Waals surface area contributed by atoms with Gasteiger partial charge in [-0.2, -0.15) is 16.1 Å². The van der Waals surface area contributed by atoms with Crippen LogP contribution in [0.4, 0.5) is 4.39 Å². The lowest BCUT2D eigenvalue weighted by Crippen LogP contribution is -2.50. The van der Waals surface area contributed by atoms with Gasteiger partial charge in [-0.1, -0.05) is 11.6 Å². The molecule has 0 aliphatic carbocycles. The Kier molecular flexibility index (Phi) is 7.48. The summed E-state index contributed by atoms with van der Waals surface area (Å²) in [6, 6.07) is 3.68. The summed E-state index contributed by atoms with van der Waals surface area (Å²) in [7, 11) is -3.77. The molecule has 1 aromatic rings. The molecule has 1 aromatic carbocycles. The summed E-state index contributed by atoms with van der Waals surface area (Å²) in [6.07, 6.45) is 4.10. The fourth-order valence-corrected chi connectivity index (χ4v) is 7.52. The predicted molar refractivity (Wildman–Crippen MR) is 119 cm³/mol. The Morgan fingerprint density at radius 2 is 2.03 bits per heavy atom. The van der Waals surface area contributed by atoms with E-state index in [0.29, 0.717) is 19.4 Å². The van der Waals surface area contributed by atoms with Gasteiger partial charge < -0.3 is 9.64 Å². The van der Waals surface area contributed by atoms with Gasteiger partial charge in [0, 0.05) is 44.0 Å². The topological polar surface area (TPSA) is 66.9 Å². The van der Waals surface area contributed by atoms with Crippen LogP contribution in [0, 0.1) is 11.7 Å². The molecule has 10 heteroatoms. The third-order valence-corrected chi connectivity index (χ3v) is 9.71. The van der Waals surface area contributed by atoms with Gasteiger partial charge in [-0.3, -0.25) is 4.79 Å². The van der Waals surface area contributed by atoms with Gasteiger partial charge in [-0.15, -0.1) is 0 Å². The number of carbonyl (C=O) groups excluding carboxylic acids is 1. The first-order valence-electron chi connectivity index (χ1n) is 10.8. The number of ether oxygens (including phenoxy) is 1. The fourth-order valence-electron chi connectivity index (χ4n) is 4.56. The second kappa shape index (κ2) is 9.95. The summed E-state index contributed by atoms with van der Waals surface area (Å²) in [4.78, 5) is 15.4. The van der Waals surface area contributed by atoms with Crippen molar-refractivity contribution in [2.24, 2.45) is 5.92 Å². The molecular weight excluding hydrogens is 463 g/mol. The van der Waals surface area contributed by atoms with Gasteiger partial charge in [-0.05, 0) is 56.1 Å². The first-order chi connectivity index (χ1) is 14.9. The van der Waals surface area contributed by atoms with Gasteiger partial charge in [0.15, 0.2) is 0 Å². The molecule has 172 valence electrons. The van der Waals surface area contributed by atoms with Crippen LogP contribution in [0.5, 0.6) is 0 Å². The van der Waals surface area contributed by atoms with Crippen LogP contribution >= 0.6 is 23.4 Å². The van der Waals surface area contributed by atoms with E-state index in [-0.39, 0.29) is 47.0 Å². The van der Waals surface area contributed by atoms with Gasteiger partial charge in [0.1, 0.15) is 5.82 Å². The zero-order chi connectivity index (χ0) is 22.0. The van der Waals surface area contributed by atoms with E-state index in [1.54, 1.807) is 0 Å². The lowest BCUT2D eigenvalue weighted by molar-refractivity contribution is -0.140. The van der Waals surface area contributed by atoms with E-state index < -0.39 is 15.8 Å². The molecule has 0 saturated carbocycles. The smallest absolute Gasteiger partial charge is 0.243 e. The zero-order valence-corrected chi connectivity index (χ0v) is 19.7. The molecule has 0 N–H and O–H groups in total. The van der Waals surface area contributed by atoms with E-state index >= 15 is 0 Å². The molecule has 0 spiro atoms. The molecular formula is C21H28ClFN2O4S2. The van der Waals surface area contributed by atoms with Crippen molar-refractivity contribution < 1.29 is 22.3 Å². The van der Waals surface area contributed by atoms with E-state index in [2.05, 4.69) is 0 Å². The number of sulfonamides is 1. The molecule has 3 fully saturated rings. The monoisotopic (exact) mass is 490 g/mol. The predicted octanol–water partition coefficient (Wildman–Crippen LogP) is 3.39. The quantitative estimate of drug-likeness (QED) is 0.611. The number of piperidine rings is 1. The highest BCUT2D eigenvalue weighted by Gasteiger charge is 2.37. The molecule has 3 saturated heterocycles. The van der Waals surface area contributed by atoms with Crippen molar-refractivity contribution in [3.05, 3.63) is 29.0 Å². The molecule has 0 bridgehead atoms. The van der Waals surface area contributed by atoms with Crippen LogP contribution in [0.25, 0.3) is 0 Å². The number of hydrogen-bond acceptors (Lipinski definition) is 5. The number of carbonyl (C=O) groups is 1. The molecule has 3 aliphatic heterocycles. The largest absolute Gasteiger partial charge is 0.376 e. The van der Waals surface area contributed by atoms with Crippen LogP contribution in [-0.4, -0.2) is 73.4 Å². The van der Waals surface area contributed by atoms with Crippen LogP contribution in [0.3, 0.4) is 0 Å². The number of thioether (sulfide) groups is 1. The van der Waals surface area contributed by atoms with Gasteiger partial charge in [-0.25, -0.2) is 12.8 Å². The summed E-state index contributed by atoms with van der Waals surface area (Å²) in [5.74, 6) is 1.31. The molecule has 0 radical (unpaired) electrons. The minimum Gasteiger partial charge on any atom is -0.376 e. The molecule has 4 rings (SSSR count). The SMILES string of the molecule is O=C(C1CCN(S(=O)(=O)c2ccc(F)c(Cl)c2)CC1)N(CC1CCCO1)C1CCSC1. The standard InChI is InChI=1S/C21H28ClFN2O4S2/c22-19-12-18(3-4-20(19)23)31(27,28)24-8-5-15(6-9-24)21(26)25(16-7-11-30-14-16)13-17-2-1-10-29-17/h3-4,12,15-17H,1-2,5-11,13-14H2. The Balaban J connectivity index is 1.41. The minimum atomic E-state index is -3.77. The van der Waals surface area contributed by atoms with Crippen molar-refractivity contribution in [2.45, 2.75) is 49.1 Å². The number of benzene rings is 1. The number of rotatable bonds is 6. The van der Waals surface area contributed by atoms with Crippen molar-refractivity contribution in [1.82, 2.24) is 9.21 Å². The number of halogens is 2.